The maximum Gasteiger partial charge on any atom is 0.338 e. The van der Waals surface area contributed by atoms with Crippen LogP contribution in [0.4, 0.5) is 0 Å². The molecule has 0 aromatic heterocycles. The molecule has 11 heteroatoms. The summed E-state index contributed by atoms with van der Waals surface area (Å²) in [5.41, 5.74) is -4.40. The molecule has 5 aliphatic carbocycles. The number of rotatable bonds is 9. The lowest BCUT2D eigenvalue weighted by molar-refractivity contribution is -0.293. The first kappa shape index (κ1) is 30.7. The summed E-state index contributed by atoms with van der Waals surface area (Å²) < 4.78 is 37.3. The number of esters is 1. The zero-order chi connectivity index (χ0) is 31.4. The van der Waals surface area contributed by atoms with Gasteiger partial charge in [0.15, 0.2) is 11.9 Å². The van der Waals surface area contributed by atoms with Gasteiger partial charge in [-0.15, -0.1) is 0 Å². The van der Waals surface area contributed by atoms with Crippen molar-refractivity contribution >= 4 is 11.8 Å². The Hall–Kier alpha value is -1.96. The lowest BCUT2D eigenvalue weighted by Gasteiger charge is -2.70. The predicted octanol–water partition coefficient (Wildman–Crippen LogP) is 0.940. The van der Waals surface area contributed by atoms with Gasteiger partial charge in [0.2, 0.25) is 0 Å². The average molecular weight is 616 g/mol. The van der Waals surface area contributed by atoms with Gasteiger partial charge in [0, 0.05) is 83.1 Å². The van der Waals surface area contributed by atoms with Crippen LogP contribution in [0.25, 0.3) is 0 Å². The second kappa shape index (κ2) is 10.3. The second-order valence-electron chi connectivity index (χ2n) is 13.9. The van der Waals surface area contributed by atoms with Crippen molar-refractivity contribution in [2.75, 3.05) is 55.2 Å². The zero-order valence-corrected chi connectivity index (χ0v) is 26.3. The number of aliphatic hydroxyl groups excluding tert-OH is 1. The Balaban J connectivity index is 1.51. The van der Waals surface area contributed by atoms with Crippen molar-refractivity contribution in [3.8, 4) is 0 Å². The van der Waals surface area contributed by atoms with Crippen LogP contribution >= 0.6 is 0 Å². The number of piperidine rings is 1. The molecule has 1 spiro atoms. The molecule has 6 fully saturated rings. The van der Waals surface area contributed by atoms with Crippen molar-refractivity contribution in [2.24, 2.45) is 34.5 Å². The normalized spacial score (nSPS) is 50.1. The first-order valence-corrected chi connectivity index (χ1v) is 15.7. The summed E-state index contributed by atoms with van der Waals surface area (Å²) in [6.07, 6.45) is -3.61. The summed E-state index contributed by atoms with van der Waals surface area (Å²) in [5.74, 6) is -2.89. The maximum absolute atomic E-state index is 14.9. The van der Waals surface area contributed by atoms with Crippen molar-refractivity contribution in [3.63, 3.8) is 0 Å². The minimum absolute atomic E-state index is 0.131. The van der Waals surface area contributed by atoms with Crippen molar-refractivity contribution in [3.05, 3.63) is 35.9 Å². The predicted molar refractivity (Wildman–Crippen MR) is 155 cm³/mol. The van der Waals surface area contributed by atoms with Crippen LogP contribution in [0.15, 0.2) is 30.3 Å². The van der Waals surface area contributed by atoms with E-state index in [2.05, 4.69) is 11.8 Å². The van der Waals surface area contributed by atoms with E-state index in [9.17, 15) is 19.8 Å². The van der Waals surface area contributed by atoms with E-state index in [0.29, 0.717) is 25.1 Å². The summed E-state index contributed by atoms with van der Waals surface area (Å²) in [4.78, 5) is 30.9. The minimum Gasteiger partial charge on any atom is -0.455 e. The zero-order valence-electron chi connectivity index (χ0n) is 26.3. The standard InChI is InChI=1S/C33H45NO10/c1-7-34-15-30(16-39-2)19(35)13-20(40-3)32-18-14-31(38)27(44-29(37)17-11-9-8-10-12-17)21(18)33(43-6,26(36)28(31)42-5)22(25(32)34)23(41-4)24(30)32/h8-12,18-25,27-28,35,38H,7,13-16H2,1-6H3. The molecular formula is C33H45NO10. The number of ketones is 1. The Kier molecular flexibility index (Phi) is 7.16. The van der Waals surface area contributed by atoms with Gasteiger partial charge < -0.3 is 38.6 Å². The van der Waals surface area contributed by atoms with Gasteiger partial charge in [-0.2, -0.15) is 0 Å². The average Bonchev–Trinajstić information content (AvgIpc) is 3.40. The van der Waals surface area contributed by atoms with Crippen molar-refractivity contribution in [1.29, 1.82) is 0 Å². The SMILES string of the molecule is CCN1CC2(COC)C(O)CC(OC)C34C5CC6(O)C(OC)C(=O)C(OC)(C5C6OC(=O)c5ccccc5)C(C(OC)C23)C14. The Morgan fingerprint density at radius 1 is 1.05 bits per heavy atom. The fourth-order valence-electron chi connectivity index (χ4n) is 12.0. The molecule has 1 aliphatic heterocycles. The van der Waals surface area contributed by atoms with E-state index in [1.807, 2.05) is 6.07 Å². The van der Waals surface area contributed by atoms with Crippen molar-refractivity contribution < 1.29 is 48.2 Å². The monoisotopic (exact) mass is 615 g/mol. The van der Waals surface area contributed by atoms with Crippen LogP contribution in [-0.4, -0.2) is 130 Å². The van der Waals surface area contributed by atoms with E-state index in [-0.39, 0.29) is 30.8 Å². The molecule has 1 heterocycles. The number of nitrogens with zero attached hydrogens (tertiary/aromatic N) is 1. The second-order valence-corrected chi connectivity index (χ2v) is 13.9. The first-order chi connectivity index (χ1) is 21.1. The Morgan fingerprint density at radius 3 is 2.36 bits per heavy atom. The Morgan fingerprint density at radius 2 is 1.77 bits per heavy atom. The van der Waals surface area contributed by atoms with Gasteiger partial charge in [-0.3, -0.25) is 9.69 Å². The first-order valence-electron chi connectivity index (χ1n) is 15.7. The summed E-state index contributed by atoms with van der Waals surface area (Å²) >= 11 is 0. The molecule has 1 saturated heterocycles. The summed E-state index contributed by atoms with van der Waals surface area (Å²) in [5, 5.41) is 24.6. The molecule has 0 amide bonds. The molecule has 44 heavy (non-hydrogen) atoms. The Bertz CT molecular complexity index is 1310. The number of benzene rings is 1. The molecule has 7 bridgehead atoms. The largest absolute Gasteiger partial charge is 0.455 e. The molecule has 14 atom stereocenters. The van der Waals surface area contributed by atoms with E-state index in [0.717, 1.165) is 0 Å². The van der Waals surface area contributed by atoms with Crippen LogP contribution in [0.1, 0.15) is 30.1 Å². The number of aliphatic hydroxyl groups is 2. The number of likely N-dealkylation sites (tertiary alicyclic amines) is 1. The number of Topliss-reactive ketones (excluding diaryl/α,β-unsaturated/α-hetero) is 1. The fourth-order valence-corrected chi connectivity index (χ4v) is 12.0. The number of methoxy groups -OCH3 is 5. The molecule has 7 rings (SSSR count). The van der Waals surface area contributed by atoms with Gasteiger partial charge in [0.05, 0.1) is 30.5 Å². The van der Waals surface area contributed by atoms with Gasteiger partial charge in [-0.25, -0.2) is 4.79 Å². The van der Waals surface area contributed by atoms with Gasteiger partial charge >= 0.3 is 5.97 Å². The molecular weight excluding hydrogens is 570 g/mol. The molecule has 1 aromatic rings. The van der Waals surface area contributed by atoms with Crippen LogP contribution in [0.3, 0.4) is 0 Å². The number of fused-ring (bicyclic) bond motifs is 2. The third-order valence-electron chi connectivity index (χ3n) is 12.9. The van der Waals surface area contributed by atoms with Crippen LogP contribution in [0, 0.1) is 34.5 Å². The Labute approximate surface area is 258 Å². The molecule has 5 saturated carbocycles. The highest BCUT2D eigenvalue weighted by Gasteiger charge is 2.91. The third kappa shape index (κ3) is 3.25. The lowest BCUT2D eigenvalue weighted by Crippen LogP contribution is -2.80. The summed E-state index contributed by atoms with van der Waals surface area (Å²) in [6.45, 7) is 3.57. The van der Waals surface area contributed by atoms with E-state index >= 15 is 0 Å². The smallest absolute Gasteiger partial charge is 0.338 e. The number of ether oxygens (including phenoxy) is 6. The maximum atomic E-state index is 14.9. The highest BCUT2D eigenvalue weighted by atomic mass is 16.6. The highest BCUT2D eigenvalue weighted by Crippen LogP contribution is 2.80. The van der Waals surface area contributed by atoms with Crippen molar-refractivity contribution in [2.45, 2.75) is 67.5 Å². The van der Waals surface area contributed by atoms with Gasteiger partial charge in [0.25, 0.3) is 0 Å². The van der Waals surface area contributed by atoms with Crippen molar-refractivity contribution in [1.82, 2.24) is 4.90 Å². The molecule has 2 N–H and O–H groups in total. The van der Waals surface area contributed by atoms with E-state index in [1.165, 1.54) is 14.2 Å². The number of hydrogen-bond donors (Lipinski definition) is 2. The quantitative estimate of drug-likeness (QED) is 0.385. The number of hydrogen-bond acceptors (Lipinski definition) is 11. The molecule has 14 unspecified atom stereocenters. The van der Waals surface area contributed by atoms with Crippen LogP contribution in [-0.2, 0) is 33.2 Å². The van der Waals surface area contributed by atoms with Crippen LogP contribution in [0.2, 0.25) is 0 Å². The van der Waals surface area contributed by atoms with Gasteiger partial charge in [-0.05, 0) is 31.0 Å². The summed E-state index contributed by atoms with van der Waals surface area (Å²) in [7, 11) is 7.90. The fraction of sp³-hybridized carbons (Fsp3) is 0.758. The highest BCUT2D eigenvalue weighted by molar-refractivity contribution is 5.96. The van der Waals surface area contributed by atoms with E-state index < -0.39 is 76.3 Å². The minimum atomic E-state index is -1.81. The molecule has 242 valence electrons. The number of carbonyl (C=O) groups is 2. The number of carbonyl (C=O) groups excluding carboxylic acids is 2. The van der Waals surface area contributed by atoms with Crippen LogP contribution < -0.4 is 0 Å². The van der Waals surface area contributed by atoms with E-state index in [4.69, 9.17) is 28.4 Å². The third-order valence-corrected chi connectivity index (χ3v) is 12.9. The molecule has 11 nitrogen and oxygen atoms in total. The van der Waals surface area contributed by atoms with E-state index in [1.54, 1.807) is 45.6 Å². The molecule has 0 radical (unpaired) electrons. The lowest BCUT2D eigenvalue weighted by atomic mass is 9.42. The van der Waals surface area contributed by atoms with Gasteiger partial charge in [-0.1, -0.05) is 25.1 Å². The molecule has 6 aliphatic rings. The van der Waals surface area contributed by atoms with Gasteiger partial charge in [0.1, 0.15) is 17.3 Å². The molecule has 1 aromatic carbocycles. The van der Waals surface area contributed by atoms with Crippen LogP contribution in [0.5, 0.6) is 0 Å². The summed E-state index contributed by atoms with van der Waals surface area (Å²) in [6, 6.07) is 8.41. The topological polar surface area (TPSA) is 133 Å².